The molecule has 2 unspecified atom stereocenters. The smallest absolute Gasteiger partial charge is 0.246 e. The summed E-state index contributed by atoms with van der Waals surface area (Å²) in [6, 6.07) is 4.02. The molecule has 0 radical (unpaired) electrons. The number of carbonyl (C=O) groups is 2. The molecule has 0 bridgehead atoms. The largest absolute Gasteiger partial charge is 0.298 e. The van der Waals surface area contributed by atoms with Crippen LogP contribution in [0.25, 0.3) is 0 Å². The lowest BCUT2D eigenvalue weighted by molar-refractivity contribution is -0.148. The van der Waals surface area contributed by atoms with Crippen LogP contribution < -0.4 is 5.32 Å². The summed E-state index contributed by atoms with van der Waals surface area (Å²) in [5, 5.41) is 5.47. The lowest BCUT2D eigenvalue weighted by atomic mass is 9.98. The van der Waals surface area contributed by atoms with Crippen LogP contribution in [0.1, 0.15) is 37.6 Å². The van der Waals surface area contributed by atoms with Crippen molar-refractivity contribution in [2.75, 3.05) is 7.05 Å². The van der Waals surface area contributed by atoms with Crippen LogP contribution in [-0.4, -0.2) is 29.8 Å². The highest BCUT2D eigenvalue weighted by molar-refractivity contribution is 7.10. The normalized spacial score (nSPS) is 22.1. The molecule has 1 fully saturated rings. The Morgan fingerprint density at radius 1 is 1.42 bits per heavy atom. The molecule has 0 aromatic carbocycles. The van der Waals surface area contributed by atoms with Crippen LogP contribution in [0, 0.1) is 5.92 Å². The number of hydrogen-bond acceptors (Lipinski definition) is 4. The van der Waals surface area contributed by atoms with E-state index in [1.165, 1.54) is 9.78 Å². The highest BCUT2D eigenvalue weighted by Crippen LogP contribution is 2.27. The maximum Gasteiger partial charge on any atom is 0.246 e. The van der Waals surface area contributed by atoms with E-state index in [1.54, 1.807) is 18.4 Å². The van der Waals surface area contributed by atoms with E-state index in [2.05, 4.69) is 25.2 Å². The zero-order valence-electron chi connectivity index (χ0n) is 11.6. The van der Waals surface area contributed by atoms with Crippen LogP contribution in [0.5, 0.6) is 0 Å². The third-order valence-electron chi connectivity index (χ3n) is 3.55. The summed E-state index contributed by atoms with van der Waals surface area (Å²) < 4.78 is 0. The minimum Gasteiger partial charge on any atom is -0.298 e. The van der Waals surface area contributed by atoms with Gasteiger partial charge in [0, 0.05) is 24.4 Å². The fourth-order valence-electron chi connectivity index (χ4n) is 2.36. The number of imide groups is 1. The van der Waals surface area contributed by atoms with Crippen molar-refractivity contribution >= 4 is 23.2 Å². The molecule has 0 saturated carbocycles. The van der Waals surface area contributed by atoms with Gasteiger partial charge in [-0.3, -0.25) is 19.8 Å². The first-order chi connectivity index (χ1) is 9.00. The van der Waals surface area contributed by atoms with Gasteiger partial charge in [0.1, 0.15) is 0 Å². The molecule has 2 amide bonds. The van der Waals surface area contributed by atoms with Gasteiger partial charge in [-0.25, -0.2) is 0 Å². The van der Waals surface area contributed by atoms with E-state index in [4.69, 9.17) is 0 Å². The summed E-state index contributed by atoms with van der Waals surface area (Å²) in [6.45, 7) is 4.28. The second kappa shape index (κ2) is 5.84. The Bertz CT molecular complexity index is 456. The van der Waals surface area contributed by atoms with Gasteiger partial charge < -0.3 is 0 Å². The van der Waals surface area contributed by atoms with Crippen LogP contribution in [0.2, 0.25) is 0 Å². The van der Waals surface area contributed by atoms with Gasteiger partial charge in [0.2, 0.25) is 11.8 Å². The Labute approximate surface area is 117 Å². The number of carbonyl (C=O) groups excluding carboxylic acids is 2. The quantitative estimate of drug-likeness (QED) is 0.860. The minimum absolute atomic E-state index is 0.0831. The highest BCUT2D eigenvalue weighted by Gasteiger charge is 2.33. The van der Waals surface area contributed by atoms with E-state index < -0.39 is 0 Å². The van der Waals surface area contributed by atoms with E-state index in [-0.39, 0.29) is 23.9 Å². The molecule has 2 heterocycles. The summed E-state index contributed by atoms with van der Waals surface area (Å²) in [6.07, 6.45) is 1.03. The molecule has 1 aromatic heterocycles. The standard InChI is InChI=1S/C14H20N2O2S/c1-9(2)13(11-5-4-8-19-11)15-10-6-7-12(17)16(3)14(10)18/h4-5,8-10,13,15H,6-7H2,1-3H3. The topological polar surface area (TPSA) is 49.4 Å². The summed E-state index contributed by atoms with van der Waals surface area (Å²) >= 11 is 1.70. The number of likely N-dealkylation sites (N-methyl/N-ethyl adjacent to an activating group) is 1. The van der Waals surface area contributed by atoms with Gasteiger partial charge in [0.05, 0.1) is 6.04 Å². The predicted molar refractivity (Wildman–Crippen MR) is 75.8 cm³/mol. The summed E-state index contributed by atoms with van der Waals surface area (Å²) in [5.41, 5.74) is 0. The van der Waals surface area contributed by atoms with Crippen molar-refractivity contribution in [3.63, 3.8) is 0 Å². The lowest BCUT2D eigenvalue weighted by Crippen LogP contribution is -2.52. The van der Waals surface area contributed by atoms with Crippen LogP contribution in [0.15, 0.2) is 17.5 Å². The number of nitrogens with zero attached hydrogens (tertiary/aromatic N) is 1. The van der Waals surface area contributed by atoms with Crippen LogP contribution >= 0.6 is 11.3 Å². The highest BCUT2D eigenvalue weighted by atomic mass is 32.1. The summed E-state index contributed by atoms with van der Waals surface area (Å²) in [7, 11) is 1.56. The Balaban J connectivity index is 2.10. The first-order valence-electron chi connectivity index (χ1n) is 6.60. The van der Waals surface area contributed by atoms with Crippen molar-refractivity contribution in [1.29, 1.82) is 0 Å². The maximum atomic E-state index is 12.1. The number of likely N-dealkylation sites (tertiary alicyclic amines) is 1. The van der Waals surface area contributed by atoms with E-state index in [1.807, 2.05) is 11.4 Å². The molecule has 19 heavy (non-hydrogen) atoms. The fourth-order valence-corrected chi connectivity index (χ4v) is 3.32. The summed E-state index contributed by atoms with van der Waals surface area (Å²) in [4.78, 5) is 26.1. The number of rotatable bonds is 4. The monoisotopic (exact) mass is 280 g/mol. The molecule has 4 nitrogen and oxygen atoms in total. The predicted octanol–water partition coefficient (Wildman–Crippen LogP) is 2.18. The molecule has 2 atom stereocenters. The second-order valence-electron chi connectivity index (χ2n) is 5.29. The van der Waals surface area contributed by atoms with Gasteiger partial charge in [-0.15, -0.1) is 11.3 Å². The summed E-state index contributed by atoms with van der Waals surface area (Å²) in [5.74, 6) is 0.202. The molecule has 1 aliphatic heterocycles. The molecule has 104 valence electrons. The number of amides is 2. The molecule has 1 aliphatic rings. The number of piperidine rings is 1. The number of nitrogens with one attached hydrogen (secondary N) is 1. The van der Waals surface area contributed by atoms with Gasteiger partial charge in [-0.1, -0.05) is 19.9 Å². The molecular weight excluding hydrogens is 260 g/mol. The van der Waals surface area contributed by atoms with Gasteiger partial charge in [-0.05, 0) is 23.8 Å². The van der Waals surface area contributed by atoms with Crippen molar-refractivity contribution in [3.8, 4) is 0 Å². The zero-order chi connectivity index (χ0) is 14.0. The van der Waals surface area contributed by atoms with E-state index in [0.29, 0.717) is 18.8 Å². The van der Waals surface area contributed by atoms with Crippen molar-refractivity contribution in [2.24, 2.45) is 5.92 Å². The van der Waals surface area contributed by atoms with Crippen molar-refractivity contribution in [3.05, 3.63) is 22.4 Å². The molecule has 5 heteroatoms. The van der Waals surface area contributed by atoms with Gasteiger partial charge >= 0.3 is 0 Å². The number of thiophene rings is 1. The van der Waals surface area contributed by atoms with E-state index in [9.17, 15) is 9.59 Å². The van der Waals surface area contributed by atoms with Crippen molar-refractivity contribution < 1.29 is 9.59 Å². The van der Waals surface area contributed by atoms with Crippen LogP contribution in [0.3, 0.4) is 0 Å². The van der Waals surface area contributed by atoms with Crippen LogP contribution in [-0.2, 0) is 9.59 Å². The van der Waals surface area contributed by atoms with Gasteiger partial charge in [0.25, 0.3) is 0 Å². The Morgan fingerprint density at radius 3 is 2.74 bits per heavy atom. The second-order valence-corrected chi connectivity index (χ2v) is 6.27. The number of hydrogen-bond donors (Lipinski definition) is 1. The first kappa shape index (κ1) is 14.2. The Morgan fingerprint density at radius 2 is 2.16 bits per heavy atom. The first-order valence-corrected chi connectivity index (χ1v) is 7.48. The third kappa shape index (κ3) is 3.04. The molecule has 1 aromatic rings. The maximum absolute atomic E-state index is 12.1. The van der Waals surface area contributed by atoms with E-state index in [0.717, 1.165) is 0 Å². The molecule has 2 rings (SSSR count). The zero-order valence-corrected chi connectivity index (χ0v) is 12.4. The third-order valence-corrected chi connectivity index (χ3v) is 4.50. The van der Waals surface area contributed by atoms with Crippen molar-refractivity contribution in [2.45, 2.75) is 38.8 Å². The Hall–Kier alpha value is -1.20. The van der Waals surface area contributed by atoms with E-state index >= 15 is 0 Å². The SMILES string of the molecule is CC(C)C(NC1CCC(=O)N(C)C1=O)c1cccs1. The average molecular weight is 280 g/mol. The molecular formula is C14H20N2O2S. The fraction of sp³-hybridized carbons (Fsp3) is 0.571. The molecule has 0 spiro atoms. The molecule has 0 aliphatic carbocycles. The molecule has 1 N–H and O–H groups in total. The van der Waals surface area contributed by atoms with Gasteiger partial charge in [-0.2, -0.15) is 0 Å². The minimum atomic E-state index is -0.253. The van der Waals surface area contributed by atoms with Crippen LogP contribution in [0.4, 0.5) is 0 Å². The lowest BCUT2D eigenvalue weighted by Gasteiger charge is -2.32. The van der Waals surface area contributed by atoms with Crippen molar-refractivity contribution in [1.82, 2.24) is 10.2 Å². The average Bonchev–Trinajstić information content (AvgIpc) is 2.88. The Kier molecular flexibility index (Phi) is 4.37. The van der Waals surface area contributed by atoms with Gasteiger partial charge in [0.15, 0.2) is 0 Å². The molecule has 1 saturated heterocycles.